The molecule has 2 N–H and O–H groups in total. The zero-order chi connectivity index (χ0) is 22.7. The molecule has 2 aromatic carbocycles. The highest BCUT2D eigenvalue weighted by Crippen LogP contribution is 2.26. The van der Waals surface area contributed by atoms with Gasteiger partial charge in [-0.3, -0.25) is 4.72 Å². The molecule has 0 spiro atoms. The molecule has 0 aliphatic rings. The van der Waals surface area contributed by atoms with Gasteiger partial charge in [-0.15, -0.1) is 10.2 Å². The summed E-state index contributed by atoms with van der Waals surface area (Å²) >= 11 is 0. The van der Waals surface area contributed by atoms with Crippen molar-refractivity contribution in [2.75, 3.05) is 17.1 Å². The number of sulfonamides is 1. The summed E-state index contributed by atoms with van der Waals surface area (Å²) in [6, 6.07) is 18.9. The average Bonchev–Trinajstić information content (AvgIpc) is 3.13. The van der Waals surface area contributed by atoms with Crippen LogP contribution in [0.2, 0.25) is 0 Å². The zero-order valence-corrected chi connectivity index (χ0v) is 18.6. The summed E-state index contributed by atoms with van der Waals surface area (Å²) in [5, 5.41) is 16.0. The smallest absolute Gasteiger partial charge is 0.265 e. The lowest BCUT2D eigenvalue weighted by atomic mass is 10.3. The molecule has 2 aromatic heterocycles. The topological polar surface area (TPSA) is 111 Å². The van der Waals surface area contributed by atoms with Gasteiger partial charge in [-0.05, 0) is 68.4 Å². The van der Waals surface area contributed by atoms with E-state index in [1.165, 1.54) is 13.2 Å². The minimum atomic E-state index is -3.79. The number of rotatable bonds is 7. The van der Waals surface area contributed by atoms with E-state index in [-0.39, 0.29) is 10.6 Å². The van der Waals surface area contributed by atoms with Gasteiger partial charge < -0.3 is 10.1 Å². The van der Waals surface area contributed by atoms with Crippen LogP contribution in [0.4, 0.5) is 17.2 Å². The molecule has 0 radical (unpaired) electrons. The Morgan fingerprint density at radius 1 is 0.906 bits per heavy atom. The van der Waals surface area contributed by atoms with Gasteiger partial charge in [0.15, 0.2) is 11.6 Å². The molecule has 0 aliphatic heterocycles. The van der Waals surface area contributed by atoms with Crippen molar-refractivity contribution in [1.82, 2.24) is 20.0 Å². The highest BCUT2D eigenvalue weighted by atomic mass is 32.2. The van der Waals surface area contributed by atoms with Crippen LogP contribution in [0.3, 0.4) is 0 Å². The summed E-state index contributed by atoms with van der Waals surface area (Å²) < 4.78 is 34.8. The fourth-order valence-electron chi connectivity index (χ4n) is 3.19. The van der Waals surface area contributed by atoms with Gasteiger partial charge in [0.05, 0.1) is 12.8 Å². The molecule has 0 saturated heterocycles. The third-order valence-corrected chi connectivity index (χ3v) is 6.07. The highest BCUT2D eigenvalue weighted by Gasteiger charge is 2.19. The Balaban J connectivity index is 1.45. The van der Waals surface area contributed by atoms with E-state index in [0.29, 0.717) is 17.3 Å². The molecule has 4 aromatic rings. The second-order valence-electron chi connectivity index (χ2n) is 7.07. The van der Waals surface area contributed by atoms with E-state index in [1.807, 2.05) is 26.0 Å². The number of aromatic nitrogens is 4. The molecule has 0 unspecified atom stereocenters. The van der Waals surface area contributed by atoms with Gasteiger partial charge in [-0.25, -0.2) is 13.1 Å². The van der Waals surface area contributed by atoms with Gasteiger partial charge in [0.25, 0.3) is 10.0 Å². The van der Waals surface area contributed by atoms with Crippen LogP contribution in [-0.2, 0) is 10.0 Å². The van der Waals surface area contributed by atoms with Crippen molar-refractivity contribution in [3.05, 3.63) is 78.1 Å². The number of aryl methyl sites for hydroxylation is 2. The van der Waals surface area contributed by atoms with Crippen LogP contribution in [0.5, 0.6) is 5.75 Å². The molecular weight excluding hydrogens is 428 g/mol. The van der Waals surface area contributed by atoms with Crippen molar-refractivity contribution >= 4 is 27.2 Å². The predicted molar refractivity (Wildman–Crippen MR) is 122 cm³/mol. The molecule has 0 aliphatic carbocycles. The summed E-state index contributed by atoms with van der Waals surface area (Å²) in [6.07, 6.45) is 0. The van der Waals surface area contributed by atoms with Crippen molar-refractivity contribution < 1.29 is 13.2 Å². The van der Waals surface area contributed by atoms with E-state index in [0.717, 1.165) is 17.1 Å². The second kappa shape index (κ2) is 8.67. The Morgan fingerprint density at radius 3 is 2.25 bits per heavy atom. The van der Waals surface area contributed by atoms with Crippen LogP contribution in [-0.4, -0.2) is 35.5 Å². The van der Waals surface area contributed by atoms with Gasteiger partial charge in [-0.1, -0.05) is 12.1 Å². The zero-order valence-electron chi connectivity index (χ0n) is 17.8. The first-order valence-corrected chi connectivity index (χ1v) is 11.2. The molecule has 4 rings (SSSR count). The van der Waals surface area contributed by atoms with Crippen molar-refractivity contribution in [2.24, 2.45) is 0 Å². The van der Waals surface area contributed by atoms with Gasteiger partial charge >= 0.3 is 0 Å². The third kappa shape index (κ3) is 4.54. The molecule has 0 bridgehead atoms. The Bertz CT molecular complexity index is 1330. The summed E-state index contributed by atoms with van der Waals surface area (Å²) in [6.45, 7) is 3.88. The monoisotopic (exact) mass is 450 g/mol. The quantitative estimate of drug-likeness (QED) is 0.440. The Labute approximate surface area is 186 Å². The minimum absolute atomic E-state index is 0.0719. The number of para-hydroxylation sites is 1. The molecule has 0 amide bonds. The van der Waals surface area contributed by atoms with E-state index in [4.69, 9.17) is 4.74 Å². The van der Waals surface area contributed by atoms with Crippen LogP contribution >= 0.6 is 0 Å². The fraction of sp³-hybridized carbons (Fsp3) is 0.136. The Kier molecular flexibility index (Phi) is 5.78. The minimum Gasteiger partial charge on any atom is -0.495 e. The fourth-order valence-corrected chi connectivity index (χ4v) is 4.42. The Morgan fingerprint density at radius 2 is 1.62 bits per heavy atom. The lowest BCUT2D eigenvalue weighted by Gasteiger charge is -2.12. The number of benzene rings is 2. The van der Waals surface area contributed by atoms with Gasteiger partial charge in [0.2, 0.25) is 0 Å². The molecule has 0 fully saturated rings. The van der Waals surface area contributed by atoms with Crippen LogP contribution < -0.4 is 14.8 Å². The van der Waals surface area contributed by atoms with Gasteiger partial charge in [0, 0.05) is 17.1 Å². The van der Waals surface area contributed by atoms with E-state index >= 15 is 0 Å². The Hall–Kier alpha value is -3.92. The van der Waals surface area contributed by atoms with Crippen LogP contribution in [0.15, 0.2) is 71.6 Å². The number of nitrogens with zero attached hydrogens (tertiary/aromatic N) is 4. The van der Waals surface area contributed by atoms with Gasteiger partial charge in [-0.2, -0.15) is 5.10 Å². The molecule has 2 heterocycles. The first kappa shape index (κ1) is 21.3. The maximum Gasteiger partial charge on any atom is 0.265 e. The van der Waals surface area contributed by atoms with Crippen molar-refractivity contribution in [2.45, 2.75) is 18.7 Å². The van der Waals surface area contributed by atoms with Crippen LogP contribution in [0.25, 0.3) is 5.82 Å². The predicted octanol–water partition coefficient (Wildman–Crippen LogP) is 3.83. The number of methoxy groups -OCH3 is 1. The highest BCUT2D eigenvalue weighted by molar-refractivity contribution is 7.92. The molecule has 164 valence electrons. The average molecular weight is 451 g/mol. The lowest BCUT2D eigenvalue weighted by molar-refractivity contribution is 0.403. The van der Waals surface area contributed by atoms with Crippen molar-refractivity contribution in [3.8, 4) is 11.6 Å². The lowest BCUT2D eigenvalue weighted by Crippen LogP contribution is -2.14. The largest absolute Gasteiger partial charge is 0.495 e. The maximum atomic E-state index is 12.7. The first-order chi connectivity index (χ1) is 15.4. The summed E-state index contributed by atoms with van der Waals surface area (Å²) in [7, 11) is -2.35. The summed E-state index contributed by atoms with van der Waals surface area (Å²) in [4.78, 5) is 0.0719. The molecule has 9 nitrogen and oxygen atoms in total. The summed E-state index contributed by atoms with van der Waals surface area (Å²) in [5.41, 5.74) is 3.04. The molecule has 0 saturated carbocycles. The number of anilines is 3. The number of ether oxygens (including phenoxy) is 1. The molecular formula is C22H22N6O3S. The van der Waals surface area contributed by atoms with E-state index in [2.05, 4.69) is 25.3 Å². The molecule has 32 heavy (non-hydrogen) atoms. The van der Waals surface area contributed by atoms with Crippen molar-refractivity contribution in [3.63, 3.8) is 0 Å². The van der Waals surface area contributed by atoms with Gasteiger partial charge in [0.1, 0.15) is 10.6 Å². The maximum absolute atomic E-state index is 12.7. The number of hydrogen-bond donors (Lipinski definition) is 2. The standard InChI is InChI=1S/C22H22N6O3S/c1-15-14-16(2)28(26-15)22-13-12-21(24-25-22)23-17-8-10-18(11-9-17)27-32(29,30)20-7-5-4-6-19(20)31-3/h4-14,27H,1-3H3,(H,23,24). The first-order valence-electron chi connectivity index (χ1n) is 9.76. The van der Waals surface area contributed by atoms with E-state index < -0.39 is 10.0 Å². The normalized spacial score (nSPS) is 11.2. The van der Waals surface area contributed by atoms with Crippen LogP contribution in [0.1, 0.15) is 11.4 Å². The number of hydrogen-bond acceptors (Lipinski definition) is 7. The number of nitrogens with one attached hydrogen (secondary N) is 2. The molecule has 10 heteroatoms. The van der Waals surface area contributed by atoms with Crippen molar-refractivity contribution in [1.29, 1.82) is 0 Å². The third-order valence-electron chi connectivity index (χ3n) is 4.65. The van der Waals surface area contributed by atoms with E-state index in [9.17, 15) is 8.42 Å². The SMILES string of the molecule is COc1ccccc1S(=O)(=O)Nc1ccc(Nc2ccc(-n3nc(C)cc3C)nn2)cc1. The molecule has 0 atom stereocenters. The second-order valence-corrected chi connectivity index (χ2v) is 8.73. The summed E-state index contributed by atoms with van der Waals surface area (Å²) in [5.74, 6) is 1.46. The van der Waals surface area contributed by atoms with Crippen LogP contribution in [0, 0.1) is 13.8 Å². The van der Waals surface area contributed by atoms with E-state index in [1.54, 1.807) is 53.2 Å².